The van der Waals surface area contributed by atoms with Gasteiger partial charge in [-0.15, -0.1) is 0 Å². The number of alkyl halides is 1. The molecule has 2 rings (SSSR count). The minimum absolute atomic E-state index is 0.00797. The van der Waals surface area contributed by atoms with Crippen LogP contribution in [0.3, 0.4) is 0 Å². The van der Waals surface area contributed by atoms with Crippen LogP contribution in [0.25, 0.3) is 0 Å². The van der Waals surface area contributed by atoms with Crippen LogP contribution in [0, 0.1) is 6.92 Å². The Hall–Kier alpha value is -0.950. The van der Waals surface area contributed by atoms with E-state index in [1.165, 1.54) is 0 Å². The van der Waals surface area contributed by atoms with Crippen molar-refractivity contribution >= 4 is 38.3 Å². The monoisotopic (exact) mass is 373 g/mol. The van der Waals surface area contributed by atoms with Crippen LogP contribution in [0.15, 0.2) is 57.9 Å². The van der Waals surface area contributed by atoms with Crippen molar-refractivity contribution in [3.63, 3.8) is 0 Å². The van der Waals surface area contributed by atoms with Gasteiger partial charge in [-0.1, -0.05) is 59.0 Å². The maximum Gasteiger partial charge on any atom is 0.282 e. The zero-order chi connectivity index (χ0) is 13.2. The van der Waals surface area contributed by atoms with Gasteiger partial charge in [0.25, 0.3) is 10.0 Å². The number of aryl methyl sites for hydroxylation is 1. The number of rotatable bonds is 2. The van der Waals surface area contributed by atoms with E-state index >= 15 is 0 Å². The van der Waals surface area contributed by atoms with Gasteiger partial charge >= 0.3 is 0 Å². The molecule has 1 aliphatic rings. The summed E-state index contributed by atoms with van der Waals surface area (Å²) in [6.07, 6.45) is 7.32. The Morgan fingerprint density at radius 2 is 1.94 bits per heavy atom. The second-order valence-corrected chi connectivity index (χ2v) is 6.82. The summed E-state index contributed by atoms with van der Waals surface area (Å²) < 4.78 is 28.4. The predicted octanol–water partition coefficient (Wildman–Crippen LogP) is 3.05. The van der Waals surface area contributed by atoms with Crippen LogP contribution in [0.4, 0.5) is 0 Å². The molecule has 0 aromatic heterocycles. The van der Waals surface area contributed by atoms with Crippen molar-refractivity contribution in [2.45, 2.75) is 15.7 Å². The molecule has 0 saturated heterocycles. The molecule has 3 nitrogen and oxygen atoms in total. The number of hydrogen-bond acceptors (Lipinski definition) is 2. The second kappa shape index (κ2) is 5.36. The second-order valence-electron chi connectivity index (χ2n) is 3.90. The van der Waals surface area contributed by atoms with Crippen LogP contribution in [-0.4, -0.2) is 18.1 Å². The fourth-order valence-electron chi connectivity index (χ4n) is 1.62. The molecule has 0 bridgehead atoms. The number of sulfonamides is 1. The van der Waals surface area contributed by atoms with Crippen molar-refractivity contribution in [1.29, 1.82) is 0 Å². The first-order valence-electron chi connectivity index (χ1n) is 5.40. The average molecular weight is 373 g/mol. The van der Waals surface area contributed by atoms with Gasteiger partial charge in [-0.3, -0.25) is 0 Å². The highest BCUT2D eigenvalue weighted by molar-refractivity contribution is 14.1. The van der Waals surface area contributed by atoms with E-state index in [1.807, 2.05) is 18.2 Å². The SMILES string of the molecule is Cc1ccccc1S(=O)(=O)N=C1C=CC=CC1I. The molecule has 1 aliphatic carbocycles. The molecule has 1 aromatic carbocycles. The standard InChI is InChI=1S/C13H12INO2S/c1-10-6-2-5-9-13(10)18(16,17)15-12-8-4-3-7-11(12)14/h2-9,11H,1H3. The van der Waals surface area contributed by atoms with Gasteiger partial charge in [-0.05, 0) is 24.6 Å². The highest BCUT2D eigenvalue weighted by Gasteiger charge is 2.18. The fourth-order valence-corrected chi connectivity index (χ4v) is 3.67. The van der Waals surface area contributed by atoms with Gasteiger partial charge in [0.15, 0.2) is 0 Å². The number of allylic oxidation sites excluding steroid dienone is 4. The predicted molar refractivity (Wildman–Crippen MR) is 81.9 cm³/mol. The summed E-state index contributed by atoms with van der Waals surface area (Å²) in [5, 5.41) is 0. The van der Waals surface area contributed by atoms with Crippen molar-refractivity contribution in [1.82, 2.24) is 0 Å². The molecule has 0 radical (unpaired) electrons. The summed E-state index contributed by atoms with van der Waals surface area (Å²) in [4.78, 5) is 0.268. The molecule has 18 heavy (non-hydrogen) atoms. The van der Waals surface area contributed by atoms with Crippen molar-refractivity contribution < 1.29 is 8.42 Å². The lowest BCUT2D eigenvalue weighted by molar-refractivity contribution is 0.597. The first kappa shape index (κ1) is 13.5. The molecular formula is C13H12INO2S. The largest absolute Gasteiger partial charge is 0.282 e. The van der Waals surface area contributed by atoms with E-state index in [4.69, 9.17) is 0 Å². The maximum atomic E-state index is 12.2. The molecule has 0 aliphatic heterocycles. The molecule has 0 saturated carbocycles. The number of benzene rings is 1. The Kier molecular flexibility index (Phi) is 4.01. The van der Waals surface area contributed by atoms with E-state index in [9.17, 15) is 8.42 Å². The third kappa shape index (κ3) is 2.89. The van der Waals surface area contributed by atoms with Crippen molar-refractivity contribution in [2.75, 3.05) is 0 Å². The average Bonchev–Trinajstić information content (AvgIpc) is 2.32. The lowest BCUT2D eigenvalue weighted by atomic mass is 10.2. The first-order chi connectivity index (χ1) is 8.50. The van der Waals surface area contributed by atoms with Crippen LogP contribution in [-0.2, 0) is 10.0 Å². The smallest absolute Gasteiger partial charge is 0.199 e. The van der Waals surface area contributed by atoms with Crippen molar-refractivity contribution in [2.24, 2.45) is 4.40 Å². The molecule has 94 valence electrons. The van der Waals surface area contributed by atoms with E-state index in [-0.39, 0.29) is 8.82 Å². The first-order valence-corrected chi connectivity index (χ1v) is 8.09. The Labute approximate surface area is 121 Å². The molecule has 1 aromatic rings. The molecular weight excluding hydrogens is 361 g/mol. The zero-order valence-corrected chi connectivity index (χ0v) is 12.7. The summed E-state index contributed by atoms with van der Waals surface area (Å²) in [7, 11) is -3.63. The summed E-state index contributed by atoms with van der Waals surface area (Å²) in [5.41, 5.74) is 1.27. The Morgan fingerprint density at radius 3 is 2.61 bits per heavy atom. The highest BCUT2D eigenvalue weighted by Crippen LogP contribution is 2.20. The zero-order valence-electron chi connectivity index (χ0n) is 9.75. The fraction of sp³-hybridized carbons (Fsp3) is 0.154. The molecule has 0 heterocycles. The molecule has 0 amide bonds. The number of nitrogens with zero attached hydrogens (tertiary/aromatic N) is 1. The van der Waals surface area contributed by atoms with E-state index in [1.54, 1.807) is 37.3 Å². The van der Waals surface area contributed by atoms with Crippen LogP contribution in [0.2, 0.25) is 0 Å². The van der Waals surface area contributed by atoms with Crippen LogP contribution < -0.4 is 0 Å². The molecule has 1 unspecified atom stereocenters. The molecule has 0 spiro atoms. The lowest BCUT2D eigenvalue weighted by Gasteiger charge is -2.09. The van der Waals surface area contributed by atoms with Gasteiger partial charge in [0.05, 0.1) is 14.5 Å². The van der Waals surface area contributed by atoms with Crippen LogP contribution in [0.5, 0.6) is 0 Å². The Morgan fingerprint density at radius 1 is 1.22 bits per heavy atom. The van der Waals surface area contributed by atoms with Crippen molar-refractivity contribution in [3.05, 3.63) is 54.1 Å². The molecule has 5 heteroatoms. The topological polar surface area (TPSA) is 46.5 Å². The highest BCUT2D eigenvalue weighted by atomic mass is 127. The maximum absolute atomic E-state index is 12.2. The summed E-state index contributed by atoms with van der Waals surface area (Å²) in [6, 6.07) is 6.87. The van der Waals surface area contributed by atoms with Gasteiger partial charge in [-0.2, -0.15) is 12.8 Å². The normalized spacial score (nSPS) is 21.4. The summed E-state index contributed by atoms with van der Waals surface area (Å²) in [6.45, 7) is 1.77. The van der Waals surface area contributed by atoms with Crippen molar-refractivity contribution in [3.8, 4) is 0 Å². The van der Waals surface area contributed by atoms with Gasteiger partial charge in [0.1, 0.15) is 0 Å². The lowest BCUT2D eigenvalue weighted by Crippen LogP contribution is -2.14. The molecule has 0 fully saturated rings. The van der Waals surface area contributed by atoms with Crippen LogP contribution >= 0.6 is 22.6 Å². The van der Waals surface area contributed by atoms with Gasteiger partial charge < -0.3 is 0 Å². The van der Waals surface area contributed by atoms with E-state index in [0.29, 0.717) is 11.3 Å². The molecule has 1 atom stereocenters. The Bertz CT molecular complexity index is 645. The summed E-state index contributed by atoms with van der Waals surface area (Å²) in [5.74, 6) is 0. The third-order valence-corrected chi connectivity index (χ3v) is 5.06. The Balaban J connectivity index is 2.45. The van der Waals surface area contributed by atoms with E-state index in [2.05, 4.69) is 27.0 Å². The van der Waals surface area contributed by atoms with E-state index in [0.717, 1.165) is 0 Å². The minimum Gasteiger partial charge on any atom is -0.199 e. The third-order valence-electron chi connectivity index (χ3n) is 2.54. The molecule has 0 N–H and O–H groups in total. The summed E-state index contributed by atoms with van der Waals surface area (Å²) >= 11 is 2.15. The van der Waals surface area contributed by atoms with Crippen LogP contribution in [0.1, 0.15) is 5.56 Å². The van der Waals surface area contributed by atoms with Gasteiger partial charge in [0, 0.05) is 0 Å². The number of halogens is 1. The minimum atomic E-state index is -3.63. The quantitative estimate of drug-likeness (QED) is 0.591. The van der Waals surface area contributed by atoms with Gasteiger partial charge in [0.2, 0.25) is 0 Å². The number of hydrogen-bond donors (Lipinski definition) is 0. The van der Waals surface area contributed by atoms with E-state index < -0.39 is 10.0 Å². The van der Waals surface area contributed by atoms with Gasteiger partial charge in [-0.25, -0.2) is 0 Å².